The zero-order chi connectivity index (χ0) is 8.97. The third-order valence-electron chi connectivity index (χ3n) is 2.50. The lowest BCUT2D eigenvalue weighted by Gasteiger charge is -2.21. The Balaban J connectivity index is 2.36. The molecule has 0 bridgehead atoms. The predicted molar refractivity (Wildman–Crippen MR) is 46.9 cm³/mol. The molecule has 1 aliphatic rings. The van der Waals surface area contributed by atoms with Crippen LogP contribution < -0.4 is 0 Å². The first kappa shape index (κ1) is 9.93. The summed E-state index contributed by atoms with van der Waals surface area (Å²) in [5, 5.41) is 9.36. The molecule has 72 valence electrons. The molecule has 0 aromatic carbocycles. The Morgan fingerprint density at radius 2 is 2.33 bits per heavy atom. The molecule has 0 aromatic heterocycles. The van der Waals surface area contributed by atoms with Gasteiger partial charge in [-0.1, -0.05) is 13.3 Å². The van der Waals surface area contributed by atoms with E-state index in [2.05, 4.69) is 11.8 Å². The van der Waals surface area contributed by atoms with Crippen molar-refractivity contribution >= 4 is 0 Å². The number of alkyl halides is 1. The average Bonchev–Trinajstić information content (AvgIpc) is 2.33. The summed E-state index contributed by atoms with van der Waals surface area (Å²) < 4.78 is 12.1. The Labute approximate surface area is 73.4 Å². The molecule has 1 rings (SSSR count). The van der Waals surface area contributed by atoms with Crippen molar-refractivity contribution in [1.82, 2.24) is 4.90 Å². The Hall–Kier alpha value is -0.150. The van der Waals surface area contributed by atoms with Crippen molar-refractivity contribution in [3.63, 3.8) is 0 Å². The number of β-amino-alcohol motifs (C(OH)–C–C–N with tert-alkyl or cyclic N) is 1. The molecule has 2 nitrogen and oxygen atoms in total. The van der Waals surface area contributed by atoms with Gasteiger partial charge in [0.15, 0.2) is 0 Å². The van der Waals surface area contributed by atoms with Crippen LogP contribution in [0.3, 0.4) is 0 Å². The number of halogens is 1. The monoisotopic (exact) mass is 175 g/mol. The van der Waals surface area contributed by atoms with E-state index < -0.39 is 0 Å². The van der Waals surface area contributed by atoms with Crippen LogP contribution in [0.5, 0.6) is 0 Å². The number of hydrogen-bond donors (Lipinski definition) is 1. The summed E-state index contributed by atoms with van der Waals surface area (Å²) in [7, 11) is 0. The van der Waals surface area contributed by atoms with E-state index in [-0.39, 0.29) is 12.8 Å². The second-order valence-electron chi connectivity index (χ2n) is 3.52. The van der Waals surface area contributed by atoms with Crippen LogP contribution in [-0.2, 0) is 0 Å². The molecule has 1 aliphatic heterocycles. The molecule has 0 amide bonds. The number of hydrogen-bond acceptors (Lipinski definition) is 2. The average molecular weight is 175 g/mol. The van der Waals surface area contributed by atoms with E-state index in [1.54, 1.807) is 0 Å². The van der Waals surface area contributed by atoms with E-state index in [1.165, 1.54) is 0 Å². The van der Waals surface area contributed by atoms with E-state index >= 15 is 0 Å². The molecule has 0 radical (unpaired) electrons. The SMILES string of the molecule is CCCC1CC(O)CN1CCF. The second-order valence-corrected chi connectivity index (χ2v) is 3.52. The standard InChI is InChI=1S/C9H18FNO/c1-2-3-8-6-9(12)7-11(8)5-4-10/h8-9,12H,2-7H2,1H3. The summed E-state index contributed by atoms with van der Waals surface area (Å²) in [6.07, 6.45) is 2.79. The van der Waals surface area contributed by atoms with Gasteiger partial charge < -0.3 is 5.11 Å². The fourth-order valence-corrected chi connectivity index (χ4v) is 1.97. The molecule has 0 aliphatic carbocycles. The first-order valence-corrected chi connectivity index (χ1v) is 4.76. The molecule has 2 unspecified atom stereocenters. The second kappa shape index (κ2) is 4.77. The van der Waals surface area contributed by atoms with Crippen LogP contribution in [0.1, 0.15) is 26.2 Å². The molecule has 12 heavy (non-hydrogen) atoms. The number of aliphatic hydroxyl groups excluding tert-OH is 1. The molecule has 3 heteroatoms. The van der Waals surface area contributed by atoms with Gasteiger partial charge in [0.05, 0.1) is 6.10 Å². The summed E-state index contributed by atoms with van der Waals surface area (Å²) in [5.41, 5.74) is 0. The molecule has 2 atom stereocenters. The molecule has 0 aromatic rings. The van der Waals surface area contributed by atoms with Crippen LogP contribution in [0.15, 0.2) is 0 Å². The van der Waals surface area contributed by atoms with Crippen LogP contribution in [0.4, 0.5) is 4.39 Å². The number of rotatable bonds is 4. The topological polar surface area (TPSA) is 23.5 Å². The molecule has 1 heterocycles. The summed E-state index contributed by atoms with van der Waals surface area (Å²) in [5.74, 6) is 0. The molecule has 0 spiro atoms. The van der Waals surface area contributed by atoms with Crippen LogP contribution in [0, 0.1) is 0 Å². The smallest absolute Gasteiger partial charge is 0.102 e. The van der Waals surface area contributed by atoms with E-state index in [9.17, 15) is 9.50 Å². The highest BCUT2D eigenvalue weighted by atomic mass is 19.1. The summed E-state index contributed by atoms with van der Waals surface area (Å²) in [6, 6.07) is 0.417. The highest BCUT2D eigenvalue weighted by Crippen LogP contribution is 2.21. The van der Waals surface area contributed by atoms with Gasteiger partial charge >= 0.3 is 0 Å². The first-order chi connectivity index (χ1) is 5.77. The molecular formula is C9H18FNO. The molecule has 1 saturated heterocycles. The quantitative estimate of drug-likeness (QED) is 0.693. The van der Waals surface area contributed by atoms with Crippen molar-refractivity contribution in [2.45, 2.75) is 38.3 Å². The summed E-state index contributed by atoms with van der Waals surface area (Å²) >= 11 is 0. The van der Waals surface area contributed by atoms with Crippen LogP contribution >= 0.6 is 0 Å². The summed E-state index contributed by atoms with van der Waals surface area (Å²) in [6.45, 7) is 2.97. The number of aliphatic hydroxyl groups is 1. The van der Waals surface area contributed by atoms with Gasteiger partial charge in [-0.25, -0.2) is 4.39 Å². The third-order valence-corrected chi connectivity index (χ3v) is 2.50. The highest BCUT2D eigenvalue weighted by Gasteiger charge is 2.29. The van der Waals surface area contributed by atoms with Crippen molar-refractivity contribution in [3.05, 3.63) is 0 Å². The maximum absolute atomic E-state index is 12.1. The maximum atomic E-state index is 12.1. The van der Waals surface area contributed by atoms with Gasteiger partial charge in [0.1, 0.15) is 6.67 Å². The Morgan fingerprint density at radius 1 is 1.58 bits per heavy atom. The minimum atomic E-state index is -0.299. The van der Waals surface area contributed by atoms with Gasteiger partial charge in [0, 0.05) is 19.1 Å². The Morgan fingerprint density at radius 3 is 2.92 bits per heavy atom. The van der Waals surface area contributed by atoms with Crippen LogP contribution in [-0.4, -0.2) is 41.9 Å². The van der Waals surface area contributed by atoms with Crippen LogP contribution in [0.2, 0.25) is 0 Å². The first-order valence-electron chi connectivity index (χ1n) is 4.76. The van der Waals surface area contributed by atoms with Crippen molar-refractivity contribution in [2.75, 3.05) is 19.8 Å². The molecular weight excluding hydrogens is 157 g/mol. The van der Waals surface area contributed by atoms with Crippen molar-refractivity contribution in [2.24, 2.45) is 0 Å². The lowest BCUT2D eigenvalue weighted by molar-refractivity contribution is 0.170. The fourth-order valence-electron chi connectivity index (χ4n) is 1.97. The third kappa shape index (κ3) is 2.42. The van der Waals surface area contributed by atoms with Gasteiger partial charge in [0.2, 0.25) is 0 Å². The Kier molecular flexibility index (Phi) is 3.95. The van der Waals surface area contributed by atoms with Crippen LogP contribution in [0.25, 0.3) is 0 Å². The van der Waals surface area contributed by atoms with Crippen molar-refractivity contribution < 1.29 is 9.50 Å². The molecule has 1 fully saturated rings. The number of nitrogens with zero attached hydrogens (tertiary/aromatic N) is 1. The van der Waals surface area contributed by atoms with Gasteiger partial charge in [-0.3, -0.25) is 4.90 Å². The van der Waals surface area contributed by atoms with Gasteiger partial charge in [-0.15, -0.1) is 0 Å². The van der Waals surface area contributed by atoms with Gasteiger partial charge in [-0.05, 0) is 12.8 Å². The minimum Gasteiger partial charge on any atom is -0.392 e. The lowest BCUT2D eigenvalue weighted by Crippen LogP contribution is -2.31. The van der Waals surface area contributed by atoms with Gasteiger partial charge in [0.25, 0.3) is 0 Å². The minimum absolute atomic E-state index is 0.229. The van der Waals surface area contributed by atoms with Crippen molar-refractivity contribution in [3.8, 4) is 0 Å². The lowest BCUT2D eigenvalue weighted by atomic mass is 10.1. The largest absolute Gasteiger partial charge is 0.392 e. The van der Waals surface area contributed by atoms with E-state index in [1.807, 2.05) is 0 Å². The molecule has 1 N–H and O–H groups in total. The Bertz CT molecular complexity index is 118. The zero-order valence-corrected chi connectivity index (χ0v) is 7.67. The molecule has 0 saturated carbocycles. The predicted octanol–water partition coefficient (Wildman–Crippen LogP) is 1.19. The van der Waals surface area contributed by atoms with E-state index in [0.29, 0.717) is 19.1 Å². The maximum Gasteiger partial charge on any atom is 0.102 e. The van der Waals surface area contributed by atoms with Gasteiger partial charge in [-0.2, -0.15) is 0 Å². The van der Waals surface area contributed by atoms with Crippen molar-refractivity contribution in [1.29, 1.82) is 0 Å². The fraction of sp³-hybridized carbons (Fsp3) is 1.00. The summed E-state index contributed by atoms with van der Waals surface area (Å²) in [4.78, 5) is 2.06. The normalized spacial score (nSPS) is 31.2. The highest BCUT2D eigenvalue weighted by molar-refractivity contribution is 4.84. The number of likely N-dealkylation sites (tertiary alicyclic amines) is 1. The van der Waals surface area contributed by atoms with E-state index in [4.69, 9.17) is 0 Å². The zero-order valence-electron chi connectivity index (χ0n) is 7.67. The van der Waals surface area contributed by atoms with E-state index in [0.717, 1.165) is 19.3 Å².